The number of benzene rings is 2. The summed E-state index contributed by atoms with van der Waals surface area (Å²) in [7, 11) is 1.65. The van der Waals surface area contributed by atoms with Crippen LogP contribution in [-0.2, 0) is 0 Å². The van der Waals surface area contributed by atoms with Gasteiger partial charge in [0.05, 0.1) is 7.11 Å². The molecule has 0 saturated heterocycles. The van der Waals surface area contributed by atoms with Crippen LogP contribution in [0, 0.1) is 11.6 Å². The maximum absolute atomic E-state index is 13.6. The summed E-state index contributed by atoms with van der Waals surface area (Å²) in [6.45, 7) is 0. The van der Waals surface area contributed by atoms with Crippen molar-refractivity contribution >= 4 is 18.5 Å². The van der Waals surface area contributed by atoms with Gasteiger partial charge in [-0.05, 0) is 12.1 Å². The van der Waals surface area contributed by atoms with Crippen LogP contribution < -0.4 is 9.39 Å². The summed E-state index contributed by atoms with van der Waals surface area (Å²) in [5.74, 6) is -1.59. The Bertz CT molecular complexity index is 560. The molecule has 0 aliphatic rings. The first-order chi connectivity index (χ1) is 8.19. The van der Waals surface area contributed by atoms with Gasteiger partial charge in [-0.2, -0.15) is 0 Å². The van der Waals surface area contributed by atoms with Crippen LogP contribution in [0.5, 0.6) is 11.5 Å². The molecule has 0 aliphatic heterocycles. The second kappa shape index (κ2) is 4.59. The van der Waals surface area contributed by atoms with Gasteiger partial charge in [0.1, 0.15) is 5.82 Å². The molecule has 0 fully saturated rings. The predicted molar refractivity (Wildman–Crippen MR) is 59.0 cm³/mol. The number of halogens is 2. The van der Waals surface area contributed by atoms with Crippen molar-refractivity contribution < 1.29 is 23.2 Å². The summed E-state index contributed by atoms with van der Waals surface area (Å²) < 4.78 is 36.7. The molecular formula is C11H8BF2O3. The molecule has 0 aromatic heterocycles. The highest BCUT2D eigenvalue weighted by Crippen LogP contribution is 2.38. The molecule has 2 aromatic rings. The Morgan fingerprint density at radius 3 is 2.53 bits per heavy atom. The lowest BCUT2D eigenvalue weighted by Gasteiger charge is -2.13. The van der Waals surface area contributed by atoms with Gasteiger partial charge >= 0.3 is 7.69 Å². The minimum atomic E-state index is -0.762. The molecule has 87 valence electrons. The molecule has 3 nitrogen and oxygen atoms in total. The van der Waals surface area contributed by atoms with Crippen molar-refractivity contribution in [2.45, 2.75) is 0 Å². The number of methoxy groups -OCH3 is 1. The molecule has 1 radical (unpaired) electrons. The monoisotopic (exact) mass is 237 g/mol. The fraction of sp³-hybridized carbons (Fsp3) is 0.0909. The molecule has 0 amide bonds. The average molecular weight is 237 g/mol. The van der Waals surface area contributed by atoms with E-state index < -0.39 is 11.6 Å². The Morgan fingerprint density at radius 1 is 1.12 bits per heavy atom. The summed E-state index contributed by atoms with van der Waals surface area (Å²) in [4.78, 5) is 0. The minimum absolute atomic E-state index is 0.0580. The van der Waals surface area contributed by atoms with Gasteiger partial charge in [-0.15, -0.1) is 0 Å². The second-order valence-corrected chi connectivity index (χ2v) is 3.28. The van der Waals surface area contributed by atoms with E-state index in [4.69, 9.17) is 14.4 Å². The maximum Gasteiger partial charge on any atom is 0.569 e. The lowest BCUT2D eigenvalue weighted by atomic mass is 10.1. The lowest BCUT2D eigenvalue weighted by molar-refractivity contribution is 0.362. The van der Waals surface area contributed by atoms with E-state index in [1.807, 2.05) is 0 Å². The third-order valence-electron chi connectivity index (χ3n) is 2.37. The topological polar surface area (TPSA) is 38.7 Å². The SMILES string of the molecule is COc1c(F)cc2c(F)cccc2c1O[B]O. The molecular weight excluding hydrogens is 229 g/mol. The first-order valence-electron chi connectivity index (χ1n) is 4.76. The fourth-order valence-corrected chi connectivity index (χ4v) is 1.66. The molecule has 1 N–H and O–H groups in total. The zero-order valence-electron chi connectivity index (χ0n) is 8.91. The van der Waals surface area contributed by atoms with Gasteiger partial charge in [0.25, 0.3) is 0 Å². The van der Waals surface area contributed by atoms with Crippen molar-refractivity contribution in [1.82, 2.24) is 0 Å². The molecule has 2 rings (SSSR count). The van der Waals surface area contributed by atoms with Crippen LogP contribution in [0.1, 0.15) is 0 Å². The molecule has 6 heteroatoms. The highest BCUT2D eigenvalue weighted by Gasteiger charge is 2.17. The van der Waals surface area contributed by atoms with Crippen LogP contribution in [0.3, 0.4) is 0 Å². The van der Waals surface area contributed by atoms with Gasteiger partial charge in [-0.1, -0.05) is 12.1 Å². The predicted octanol–water partition coefficient (Wildman–Crippen LogP) is 2.03. The summed E-state index contributed by atoms with van der Waals surface area (Å²) in [5, 5.41) is 9.01. The Labute approximate surface area is 96.9 Å². The number of rotatable bonds is 3. The Morgan fingerprint density at radius 2 is 1.88 bits per heavy atom. The zero-order valence-corrected chi connectivity index (χ0v) is 8.91. The number of hydrogen-bond donors (Lipinski definition) is 1. The second-order valence-electron chi connectivity index (χ2n) is 3.28. The third-order valence-corrected chi connectivity index (χ3v) is 2.37. The van der Waals surface area contributed by atoms with Crippen molar-refractivity contribution in [3.05, 3.63) is 35.9 Å². The lowest BCUT2D eigenvalue weighted by Crippen LogP contribution is -2.04. The van der Waals surface area contributed by atoms with Crippen LogP contribution in [0.15, 0.2) is 24.3 Å². The first kappa shape index (κ1) is 11.7. The van der Waals surface area contributed by atoms with E-state index in [1.165, 1.54) is 19.2 Å². The average Bonchev–Trinajstić information content (AvgIpc) is 2.31. The largest absolute Gasteiger partial charge is 0.569 e. The van der Waals surface area contributed by atoms with Crippen molar-refractivity contribution in [3.8, 4) is 11.5 Å². The van der Waals surface area contributed by atoms with Gasteiger partial charge in [0, 0.05) is 10.8 Å². The van der Waals surface area contributed by atoms with E-state index in [0.717, 1.165) is 6.07 Å². The summed E-state index contributed by atoms with van der Waals surface area (Å²) in [5.41, 5.74) is 0. The van der Waals surface area contributed by atoms with E-state index in [0.29, 0.717) is 13.1 Å². The van der Waals surface area contributed by atoms with E-state index in [-0.39, 0.29) is 16.9 Å². The maximum atomic E-state index is 13.6. The normalized spacial score (nSPS) is 10.4. The number of hydrogen-bond acceptors (Lipinski definition) is 3. The molecule has 2 aromatic carbocycles. The molecule has 0 unspecified atom stereocenters. The first-order valence-corrected chi connectivity index (χ1v) is 4.76. The summed E-state index contributed by atoms with van der Waals surface area (Å²) in [6, 6.07) is 5.23. The molecule has 0 saturated carbocycles. The van der Waals surface area contributed by atoms with E-state index in [1.54, 1.807) is 6.07 Å². The highest BCUT2D eigenvalue weighted by molar-refractivity contribution is 6.18. The van der Waals surface area contributed by atoms with Crippen molar-refractivity contribution in [3.63, 3.8) is 0 Å². The van der Waals surface area contributed by atoms with Gasteiger partial charge in [0.15, 0.2) is 17.3 Å². The van der Waals surface area contributed by atoms with Crippen LogP contribution in [0.25, 0.3) is 10.8 Å². The zero-order chi connectivity index (χ0) is 12.4. The molecule has 0 heterocycles. The quantitative estimate of drug-likeness (QED) is 0.830. The van der Waals surface area contributed by atoms with Gasteiger partial charge in [0.2, 0.25) is 0 Å². The van der Waals surface area contributed by atoms with Gasteiger partial charge in [-0.25, -0.2) is 8.78 Å². The smallest absolute Gasteiger partial charge is 0.534 e. The Hall–Kier alpha value is -1.82. The third kappa shape index (κ3) is 1.91. The Balaban J connectivity index is 2.82. The number of ether oxygens (including phenoxy) is 1. The standard InChI is InChI=1S/C11H8BF2O3/c1-16-11-9(14)5-7-6(10(11)17-12-15)3-2-4-8(7)13/h2-5,15H,1H3. The minimum Gasteiger partial charge on any atom is -0.534 e. The van der Waals surface area contributed by atoms with E-state index >= 15 is 0 Å². The summed E-state index contributed by atoms with van der Waals surface area (Å²) >= 11 is 0. The fourth-order valence-electron chi connectivity index (χ4n) is 1.66. The highest BCUT2D eigenvalue weighted by atomic mass is 19.1. The summed E-state index contributed by atoms with van der Waals surface area (Å²) in [6.07, 6.45) is 0. The molecule has 0 atom stereocenters. The molecule has 0 spiro atoms. The van der Waals surface area contributed by atoms with Gasteiger partial charge < -0.3 is 14.4 Å². The molecule has 0 aliphatic carbocycles. The van der Waals surface area contributed by atoms with E-state index in [2.05, 4.69) is 0 Å². The molecule has 17 heavy (non-hydrogen) atoms. The van der Waals surface area contributed by atoms with Crippen molar-refractivity contribution in [2.75, 3.05) is 7.11 Å². The molecule has 0 bridgehead atoms. The Kier molecular flexibility index (Phi) is 3.15. The van der Waals surface area contributed by atoms with Crippen molar-refractivity contribution in [2.24, 2.45) is 0 Å². The van der Waals surface area contributed by atoms with Gasteiger partial charge in [-0.3, -0.25) is 0 Å². The number of fused-ring (bicyclic) bond motifs is 1. The van der Waals surface area contributed by atoms with Crippen LogP contribution in [0.2, 0.25) is 0 Å². The van der Waals surface area contributed by atoms with Crippen LogP contribution in [-0.4, -0.2) is 19.8 Å². The van der Waals surface area contributed by atoms with Crippen LogP contribution >= 0.6 is 0 Å². The van der Waals surface area contributed by atoms with Crippen molar-refractivity contribution in [1.29, 1.82) is 0 Å². The van der Waals surface area contributed by atoms with E-state index in [9.17, 15) is 8.78 Å². The van der Waals surface area contributed by atoms with Crippen LogP contribution in [0.4, 0.5) is 8.78 Å².